The smallest absolute Gasteiger partial charge is 0.262 e. The number of methoxy groups -OCH3 is 1. The summed E-state index contributed by atoms with van der Waals surface area (Å²) < 4.78 is 19.1. The lowest BCUT2D eigenvalue weighted by Gasteiger charge is -2.23. The van der Waals surface area contributed by atoms with Crippen LogP contribution in [-0.4, -0.2) is 40.1 Å². The quantitative estimate of drug-likeness (QED) is 0.447. The van der Waals surface area contributed by atoms with Gasteiger partial charge in [0.05, 0.1) is 18.9 Å². The molecule has 1 N–H and O–H groups in total. The van der Waals surface area contributed by atoms with Crippen LogP contribution in [0.15, 0.2) is 76.8 Å². The Kier molecular flexibility index (Phi) is 7.28. The zero-order chi connectivity index (χ0) is 26.8. The fourth-order valence-corrected chi connectivity index (χ4v) is 5.41. The first-order valence-electron chi connectivity index (χ1n) is 12.2. The summed E-state index contributed by atoms with van der Waals surface area (Å²) in [6, 6.07) is 20.3. The Morgan fingerprint density at radius 2 is 1.84 bits per heavy atom. The molecule has 2 heterocycles. The summed E-state index contributed by atoms with van der Waals surface area (Å²) in [5.74, 6) is -0.406. The lowest BCUT2D eigenvalue weighted by atomic mass is 9.98. The minimum atomic E-state index is -0.681. The van der Waals surface area contributed by atoms with E-state index in [2.05, 4.69) is 34.6 Å². The molecular formula is C29H27FN4O3S. The predicted octanol–water partition coefficient (Wildman–Crippen LogP) is 5.63. The van der Waals surface area contributed by atoms with Gasteiger partial charge in [0.1, 0.15) is 16.8 Å². The Morgan fingerprint density at radius 1 is 1.11 bits per heavy atom. The third-order valence-corrected chi connectivity index (χ3v) is 7.69. The number of halogens is 1. The van der Waals surface area contributed by atoms with Gasteiger partial charge in [-0.25, -0.2) is 9.40 Å². The van der Waals surface area contributed by atoms with E-state index >= 15 is 0 Å². The van der Waals surface area contributed by atoms with Crippen molar-refractivity contribution in [2.45, 2.75) is 38.0 Å². The van der Waals surface area contributed by atoms with Crippen LogP contribution in [-0.2, 0) is 9.59 Å². The second-order valence-electron chi connectivity index (χ2n) is 9.31. The van der Waals surface area contributed by atoms with Crippen molar-refractivity contribution in [2.24, 2.45) is 10.1 Å². The van der Waals surface area contributed by atoms with E-state index in [0.717, 1.165) is 28.2 Å². The van der Waals surface area contributed by atoms with Gasteiger partial charge in [0, 0.05) is 18.5 Å². The number of thioether (sulfide) groups is 1. The molecule has 9 heteroatoms. The molecule has 0 aromatic heterocycles. The highest BCUT2D eigenvalue weighted by molar-refractivity contribution is 8.15. The summed E-state index contributed by atoms with van der Waals surface area (Å²) in [6.45, 7) is 3.68. The normalized spacial score (nSPS) is 18.8. The standard InChI is InChI=1S/C29H27FN4O3S/c1-17-4-7-20(8-5-17)25-15-24(19-9-12-22(37-3)13-10-19)33-34(25)29-32-28(36)26(38-29)16-27(35)31-21-11-6-18(2)23(30)14-21/h4-14,25-26H,15-16H2,1-3H3,(H,31,35). The van der Waals surface area contributed by atoms with Crippen LogP contribution in [0.25, 0.3) is 0 Å². The number of ether oxygens (including phenoxy) is 1. The van der Waals surface area contributed by atoms with E-state index in [4.69, 9.17) is 9.84 Å². The molecule has 5 rings (SSSR count). The van der Waals surface area contributed by atoms with Crippen molar-refractivity contribution in [3.8, 4) is 5.75 Å². The van der Waals surface area contributed by atoms with Gasteiger partial charge < -0.3 is 10.1 Å². The largest absolute Gasteiger partial charge is 0.497 e. The minimum absolute atomic E-state index is 0.0793. The molecule has 0 fully saturated rings. The number of carbonyl (C=O) groups is 2. The first kappa shape index (κ1) is 25.7. The maximum atomic E-state index is 13.9. The average Bonchev–Trinajstić information content (AvgIpc) is 3.51. The first-order valence-corrected chi connectivity index (χ1v) is 13.1. The van der Waals surface area contributed by atoms with Gasteiger partial charge in [0.2, 0.25) is 5.91 Å². The van der Waals surface area contributed by atoms with E-state index in [9.17, 15) is 14.0 Å². The number of nitrogens with one attached hydrogen (secondary N) is 1. The number of aryl methyl sites for hydroxylation is 2. The van der Waals surface area contributed by atoms with Crippen molar-refractivity contribution in [1.29, 1.82) is 0 Å². The molecule has 3 aromatic carbocycles. The van der Waals surface area contributed by atoms with Crippen LogP contribution >= 0.6 is 11.8 Å². The maximum Gasteiger partial charge on any atom is 0.262 e. The second kappa shape index (κ2) is 10.8. The zero-order valence-electron chi connectivity index (χ0n) is 21.3. The molecule has 0 radical (unpaired) electrons. The SMILES string of the molecule is COc1ccc(C2=NN(C3=NC(=O)C(CC(=O)Nc4ccc(C)c(F)c4)S3)C(c3ccc(C)cc3)C2)cc1. The summed E-state index contributed by atoms with van der Waals surface area (Å²) in [5, 5.41) is 9.12. The van der Waals surface area contributed by atoms with Crippen molar-refractivity contribution in [1.82, 2.24) is 5.01 Å². The number of anilines is 1. The summed E-state index contributed by atoms with van der Waals surface area (Å²) >= 11 is 1.23. The number of aliphatic imine (C=N–C) groups is 1. The van der Waals surface area contributed by atoms with Crippen molar-refractivity contribution in [3.05, 3.63) is 94.8 Å². The Labute approximate surface area is 224 Å². The van der Waals surface area contributed by atoms with Gasteiger partial charge in [-0.2, -0.15) is 10.1 Å². The lowest BCUT2D eigenvalue weighted by Crippen LogP contribution is -2.25. The van der Waals surface area contributed by atoms with Crippen LogP contribution in [0.2, 0.25) is 0 Å². The fourth-order valence-electron chi connectivity index (χ4n) is 4.35. The molecule has 2 aliphatic heterocycles. The van der Waals surface area contributed by atoms with E-state index in [1.54, 1.807) is 31.2 Å². The molecule has 3 aromatic rings. The first-order chi connectivity index (χ1) is 18.3. The highest BCUT2D eigenvalue weighted by Crippen LogP contribution is 2.39. The maximum absolute atomic E-state index is 13.9. The monoisotopic (exact) mass is 530 g/mol. The summed E-state index contributed by atoms with van der Waals surface area (Å²) in [7, 11) is 1.62. The molecule has 2 amide bonds. The van der Waals surface area contributed by atoms with Gasteiger partial charge in [0.25, 0.3) is 5.91 Å². The van der Waals surface area contributed by atoms with Crippen molar-refractivity contribution in [2.75, 3.05) is 12.4 Å². The Bertz CT molecular complexity index is 1440. The third-order valence-electron chi connectivity index (χ3n) is 6.55. The minimum Gasteiger partial charge on any atom is -0.497 e. The number of rotatable bonds is 6. The van der Waals surface area contributed by atoms with Crippen LogP contribution in [0, 0.1) is 19.7 Å². The number of hydrazone groups is 1. The molecule has 2 atom stereocenters. The molecular weight excluding hydrogens is 503 g/mol. The van der Waals surface area contributed by atoms with Crippen molar-refractivity contribution in [3.63, 3.8) is 0 Å². The van der Waals surface area contributed by atoms with Gasteiger partial charge in [-0.1, -0.05) is 47.7 Å². The zero-order valence-corrected chi connectivity index (χ0v) is 22.1. The molecule has 2 unspecified atom stereocenters. The number of hydrogen-bond acceptors (Lipinski definition) is 6. The molecule has 38 heavy (non-hydrogen) atoms. The molecule has 7 nitrogen and oxygen atoms in total. The Balaban J connectivity index is 1.34. The van der Waals surface area contributed by atoms with Gasteiger partial charge in [0.15, 0.2) is 5.17 Å². The van der Waals surface area contributed by atoms with Gasteiger partial charge in [-0.3, -0.25) is 9.59 Å². The summed E-state index contributed by atoms with van der Waals surface area (Å²) in [5.41, 5.74) is 4.88. The van der Waals surface area contributed by atoms with Crippen LogP contribution in [0.3, 0.4) is 0 Å². The van der Waals surface area contributed by atoms with Crippen LogP contribution < -0.4 is 10.1 Å². The predicted molar refractivity (Wildman–Crippen MR) is 148 cm³/mol. The van der Waals surface area contributed by atoms with Crippen LogP contribution in [0.1, 0.15) is 41.1 Å². The molecule has 194 valence electrons. The molecule has 0 bridgehead atoms. The Hall–Kier alpha value is -3.98. The molecule has 2 aliphatic rings. The number of amidine groups is 1. The molecule has 0 spiro atoms. The molecule has 0 saturated heterocycles. The highest BCUT2D eigenvalue weighted by atomic mass is 32.2. The number of nitrogens with zero attached hydrogens (tertiary/aromatic N) is 3. The van der Waals surface area contributed by atoms with E-state index < -0.39 is 11.1 Å². The van der Waals surface area contributed by atoms with Crippen molar-refractivity contribution >= 4 is 40.1 Å². The van der Waals surface area contributed by atoms with Crippen molar-refractivity contribution < 1.29 is 18.7 Å². The van der Waals surface area contributed by atoms with Crippen LogP contribution in [0.5, 0.6) is 5.75 Å². The van der Waals surface area contributed by atoms with E-state index in [0.29, 0.717) is 22.8 Å². The van der Waals surface area contributed by atoms with E-state index in [-0.39, 0.29) is 24.3 Å². The van der Waals surface area contributed by atoms with E-state index in [1.165, 1.54) is 17.8 Å². The summed E-state index contributed by atoms with van der Waals surface area (Å²) in [4.78, 5) is 29.7. The topological polar surface area (TPSA) is 83.4 Å². The fraction of sp³-hybridized carbons (Fsp3) is 0.241. The number of carbonyl (C=O) groups excluding carboxylic acids is 2. The third kappa shape index (κ3) is 5.47. The highest BCUT2D eigenvalue weighted by Gasteiger charge is 2.39. The Morgan fingerprint density at radius 3 is 2.53 bits per heavy atom. The molecule has 0 saturated carbocycles. The van der Waals surface area contributed by atoms with Gasteiger partial charge >= 0.3 is 0 Å². The number of hydrogen-bond donors (Lipinski definition) is 1. The lowest BCUT2D eigenvalue weighted by molar-refractivity contribution is -0.121. The van der Waals surface area contributed by atoms with E-state index in [1.807, 2.05) is 31.2 Å². The average molecular weight is 531 g/mol. The second-order valence-corrected chi connectivity index (χ2v) is 10.5. The number of benzene rings is 3. The number of amides is 2. The van der Waals surface area contributed by atoms with Gasteiger partial charge in [-0.05, 0) is 66.9 Å². The molecule has 0 aliphatic carbocycles. The van der Waals surface area contributed by atoms with Crippen LogP contribution in [0.4, 0.5) is 10.1 Å². The summed E-state index contributed by atoms with van der Waals surface area (Å²) in [6.07, 6.45) is 0.553. The van der Waals surface area contributed by atoms with Gasteiger partial charge in [-0.15, -0.1) is 0 Å².